The standard InChI is InChI=1S/C10H18O6/c11-7(2-13-3-8-4-14-8)1-10(12)16-6-9-5-15-9/h7-12H,1-6H2. The molecular formula is C10H18O6. The van der Waals surface area contributed by atoms with Crippen LogP contribution in [-0.4, -0.2) is 67.8 Å². The molecule has 2 aliphatic rings. The maximum Gasteiger partial charge on any atom is 0.157 e. The summed E-state index contributed by atoms with van der Waals surface area (Å²) in [7, 11) is 0. The number of aliphatic hydroxyl groups excluding tert-OH is 2. The second-order valence-corrected chi connectivity index (χ2v) is 4.13. The van der Waals surface area contributed by atoms with Crippen molar-refractivity contribution in [3.63, 3.8) is 0 Å². The Labute approximate surface area is 94.1 Å². The normalized spacial score (nSPS) is 31.1. The molecule has 0 saturated carbocycles. The van der Waals surface area contributed by atoms with Crippen molar-refractivity contribution in [3.8, 4) is 0 Å². The Hall–Kier alpha value is -0.240. The Morgan fingerprint density at radius 2 is 1.75 bits per heavy atom. The van der Waals surface area contributed by atoms with Gasteiger partial charge < -0.3 is 29.2 Å². The zero-order valence-electron chi connectivity index (χ0n) is 9.08. The van der Waals surface area contributed by atoms with E-state index in [-0.39, 0.29) is 25.2 Å². The van der Waals surface area contributed by atoms with E-state index in [4.69, 9.17) is 18.9 Å². The lowest BCUT2D eigenvalue weighted by Crippen LogP contribution is -2.26. The van der Waals surface area contributed by atoms with Crippen LogP contribution in [0.15, 0.2) is 0 Å². The molecule has 0 radical (unpaired) electrons. The first-order valence-corrected chi connectivity index (χ1v) is 5.52. The second kappa shape index (κ2) is 5.90. The molecule has 2 fully saturated rings. The highest BCUT2D eigenvalue weighted by molar-refractivity contribution is 4.69. The zero-order chi connectivity index (χ0) is 11.4. The van der Waals surface area contributed by atoms with Gasteiger partial charge >= 0.3 is 0 Å². The largest absolute Gasteiger partial charge is 0.391 e. The highest BCUT2D eigenvalue weighted by atomic mass is 16.6. The van der Waals surface area contributed by atoms with E-state index in [1.807, 2.05) is 0 Å². The average Bonchev–Trinajstić information content (AvgIpc) is 3.10. The van der Waals surface area contributed by atoms with Gasteiger partial charge in [0.2, 0.25) is 0 Å². The lowest BCUT2D eigenvalue weighted by atomic mass is 10.2. The third kappa shape index (κ3) is 5.20. The van der Waals surface area contributed by atoms with Crippen LogP contribution in [0.4, 0.5) is 0 Å². The topological polar surface area (TPSA) is 84.0 Å². The van der Waals surface area contributed by atoms with Crippen molar-refractivity contribution in [1.29, 1.82) is 0 Å². The molecule has 2 saturated heterocycles. The lowest BCUT2D eigenvalue weighted by Gasteiger charge is -2.15. The lowest BCUT2D eigenvalue weighted by molar-refractivity contribution is -0.129. The Morgan fingerprint density at radius 1 is 1.12 bits per heavy atom. The summed E-state index contributed by atoms with van der Waals surface area (Å²) in [6, 6.07) is 0. The van der Waals surface area contributed by atoms with Crippen molar-refractivity contribution >= 4 is 0 Å². The van der Waals surface area contributed by atoms with Gasteiger partial charge in [-0.05, 0) is 0 Å². The molecule has 0 spiro atoms. The fraction of sp³-hybridized carbons (Fsp3) is 1.00. The summed E-state index contributed by atoms with van der Waals surface area (Å²) >= 11 is 0. The van der Waals surface area contributed by atoms with Crippen LogP contribution in [0.5, 0.6) is 0 Å². The van der Waals surface area contributed by atoms with Crippen LogP contribution in [0.25, 0.3) is 0 Å². The number of ether oxygens (including phenoxy) is 4. The molecule has 6 nitrogen and oxygen atoms in total. The molecule has 0 aliphatic carbocycles. The van der Waals surface area contributed by atoms with Crippen molar-refractivity contribution < 1.29 is 29.2 Å². The molecular weight excluding hydrogens is 216 g/mol. The van der Waals surface area contributed by atoms with Gasteiger partial charge in [0.1, 0.15) is 12.2 Å². The number of rotatable bonds is 9. The second-order valence-electron chi connectivity index (χ2n) is 4.13. The Morgan fingerprint density at radius 3 is 2.38 bits per heavy atom. The van der Waals surface area contributed by atoms with Gasteiger partial charge in [0.05, 0.1) is 39.1 Å². The Bertz CT molecular complexity index is 203. The maximum absolute atomic E-state index is 9.50. The SMILES string of the molecule is OC(COCC1CO1)CC(O)OCC1CO1. The van der Waals surface area contributed by atoms with E-state index in [0.717, 1.165) is 6.61 Å². The smallest absolute Gasteiger partial charge is 0.157 e. The summed E-state index contributed by atoms with van der Waals surface area (Å²) in [4.78, 5) is 0. The molecule has 0 aromatic heterocycles. The van der Waals surface area contributed by atoms with Crippen molar-refractivity contribution in [2.45, 2.75) is 31.0 Å². The van der Waals surface area contributed by atoms with Crippen LogP contribution in [0.1, 0.15) is 6.42 Å². The van der Waals surface area contributed by atoms with Crippen LogP contribution in [0, 0.1) is 0 Å². The van der Waals surface area contributed by atoms with Gasteiger partial charge in [0, 0.05) is 6.42 Å². The van der Waals surface area contributed by atoms with E-state index < -0.39 is 12.4 Å². The molecule has 0 amide bonds. The minimum atomic E-state index is -0.958. The van der Waals surface area contributed by atoms with Crippen molar-refractivity contribution in [2.24, 2.45) is 0 Å². The van der Waals surface area contributed by atoms with Gasteiger partial charge in [-0.2, -0.15) is 0 Å². The predicted molar refractivity (Wildman–Crippen MR) is 52.9 cm³/mol. The molecule has 16 heavy (non-hydrogen) atoms. The maximum atomic E-state index is 9.50. The first-order valence-electron chi connectivity index (χ1n) is 5.52. The van der Waals surface area contributed by atoms with Gasteiger partial charge in [-0.1, -0.05) is 0 Å². The van der Waals surface area contributed by atoms with Gasteiger partial charge in [-0.3, -0.25) is 0 Å². The molecule has 6 heteroatoms. The summed E-state index contributed by atoms with van der Waals surface area (Å²) < 4.78 is 20.1. The summed E-state index contributed by atoms with van der Waals surface area (Å²) in [6.45, 7) is 2.51. The molecule has 4 atom stereocenters. The highest BCUT2D eigenvalue weighted by Gasteiger charge is 2.25. The molecule has 2 rings (SSSR count). The molecule has 2 aliphatic heterocycles. The van der Waals surface area contributed by atoms with E-state index in [9.17, 15) is 10.2 Å². The van der Waals surface area contributed by atoms with E-state index in [1.165, 1.54) is 0 Å². The quantitative estimate of drug-likeness (QED) is 0.388. The van der Waals surface area contributed by atoms with Crippen LogP contribution in [0.2, 0.25) is 0 Å². The number of aliphatic hydroxyl groups is 2. The summed E-state index contributed by atoms with van der Waals surface area (Å²) in [5.41, 5.74) is 0. The molecule has 0 aromatic carbocycles. The van der Waals surface area contributed by atoms with Gasteiger partial charge in [-0.25, -0.2) is 0 Å². The van der Waals surface area contributed by atoms with Crippen LogP contribution < -0.4 is 0 Å². The molecule has 2 N–H and O–H groups in total. The monoisotopic (exact) mass is 234 g/mol. The molecule has 0 aromatic rings. The molecule has 4 unspecified atom stereocenters. The minimum Gasteiger partial charge on any atom is -0.391 e. The third-order valence-electron chi connectivity index (χ3n) is 2.37. The first-order chi connectivity index (χ1) is 7.74. The van der Waals surface area contributed by atoms with E-state index in [0.29, 0.717) is 19.8 Å². The van der Waals surface area contributed by atoms with Crippen LogP contribution >= 0.6 is 0 Å². The zero-order valence-corrected chi connectivity index (χ0v) is 9.08. The van der Waals surface area contributed by atoms with E-state index >= 15 is 0 Å². The minimum absolute atomic E-state index is 0.120. The summed E-state index contributed by atoms with van der Waals surface area (Å²) in [5.74, 6) is 0. The van der Waals surface area contributed by atoms with Crippen molar-refractivity contribution in [3.05, 3.63) is 0 Å². The van der Waals surface area contributed by atoms with Crippen molar-refractivity contribution in [2.75, 3.05) is 33.0 Å². The van der Waals surface area contributed by atoms with E-state index in [2.05, 4.69) is 0 Å². The summed E-state index contributed by atoms with van der Waals surface area (Å²) in [5, 5.41) is 18.9. The Kier molecular flexibility index (Phi) is 4.51. The molecule has 0 bridgehead atoms. The van der Waals surface area contributed by atoms with Gasteiger partial charge in [0.25, 0.3) is 0 Å². The highest BCUT2D eigenvalue weighted by Crippen LogP contribution is 2.12. The van der Waals surface area contributed by atoms with Crippen LogP contribution in [0.3, 0.4) is 0 Å². The molecule has 2 heterocycles. The van der Waals surface area contributed by atoms with Gasteiger partial charge in [-0.15, -0.1) is 0 Å². The van der Waals surface area contributed by atoms with Gasteiger partial charge in [0.15, 0.2) is 6.29 Å². The third-order valence-corrected chi connectivity index (χ3v) is 2.37. The number of hydrogen-bond acceptors (Lipinski definition) is 6. The summed E-state index contributed by atoms with van der Waals surface area (Å²) in [6.07, 6.45) is -1.21. The predicted octanol–water partition coefficient (Wildman–Crippen LogP) is -1.11. The first kappa shape index (κ1) is 12.2. The fourth-order valence-corrected chi connectivity index (χ4v) is 1.25. The number of hydrogen-bond donors (Lipinski definition) is 2. The van der Waals surface area contributed by atoms with Crippen molar-refractivity contribution in [1.82, 2.24) is 0 Å². The Balaban J connectivity index is 1.45. The average molecular weight is 234 g/mol. The fourth-order valence-electron chi connectivity index (χ4n) is 1.25. The van der Waals surface area contributed by atoms with Crippen LogP contribution in [-0.2, 0) is 18.9 Å². The molecule has 94 valence electrons. The number of epoxide rings is 2. The van der Waals surface area contributed by atoms with E-state index in [1.54, 1.807) is 0 Å².